The fraction of sp³-hybridized carbons (Fsp3) is 0.125. The topological polar surface area (TPSA) is 104 Å². The van der Waals surface area contributed by atoms with Gasteiger partial charge in [-0.1, -0.05) is 29.8 Å². The molecule has 0 saturated heterocycles. The van der Waals surface area contributed by atoms with Crippen LogP contribution in [0.1, 0.15) is 15.4 Å². The normalized spacial score (nSPS) is 10.7. The van der Waals surface area contributed by atoms with E-state index in [1.165, 1.54) is 23.1 Å². The van der Waals surface area contributed by atoms with Crippen molar-refractivity contribution in [2.24, 2.45) is 0 Å². The van der Waals surface area contributed by atoms with Crippen molar-refractivity contribution in [3.8, 4) is 0 Å². The zero-order valence-electron chi connectivity index (χ0n) is 13.2. The van der Waals surface area contributed by atoms with E-state index in [9.17, 15) is 14.4 Å². The van der Waals surface area contributed by atoms with Crippen molar-refractivity contribution in [1.82, 2.24) is 21.0 Å². The van der Waals surface area contributed by atoms with Crippen LogP contribution in [0.15, 0.2) is 41.2 Å². The van der Waals surface area contributed by atoms with Crippen molar-refractivity contribution in [3.63, 3.8) is 0 Å². The number of fused-ring (bicyclic) bond motifs is 1. The Bertz CT molecular complexity index is 1020. The fourth-order valence-corrected chi connectivity index (χ4v) is 4.21. The van der Waals surface area contributed by atoms with Crippen LogP contribution in [0.2, 0.25) is 4.34 Å². The number of benzene rings is 1. The predicted octanol–water partition coefficient (Wildman–Crippen LogP) is 2.33. The van der Waals surface area contributed by atoms with Gasteiger partial charge in [0.05, 0.1) is 15.5 Å². The number of hydrogen-bond acceptors (Lipinski definition) is 6. The van der Waals surface area contributed by atoms with Crippen molar-refractivity contribution < 1.29 is 9.59 Å². The van der Waals surface area contributed by atoms with Crippen LogP contribution >= 0.6 is 34.7 Å². The Balaban J connectivity index is 1.55. The minimum Gasteiger partial charge on any atom is -0.272 e. The van der Waals surface area contributed by atoms with E-state index in [2.05, 4.69) is 21.0 Å². The lowest BCUT2D eigenvalue weighted by Crippen LogP contribution is -2.43. The van der Waals surface area contributed by atoms with Crippen molar-refractivity contribution in [1.29, 1.82) is 0 Å². The number of aromatic amines is 1. The molecule has 2 amide bonds. The molecule has 26 heavy (non-hydrogen) atoms. The zero-order chi connectivity index (χ0) is 18.5. The summed E-state index contributed by atoms with van der Waals surface area (Å²) in [4.78, 5) is 36.9. The van der Waals surface area contributed by atoms with E-state index in [0.29, 0.717) is 20.9 Å². The SMILES string of the molecule is O=C(CSCc1ccc(Cl)s1)NNC(=O)c1n[nH]c(=O)c2ccccc12. The average Bonchev–Trinajstić information content (AvgIpc) is 3.05. The molecule has 3 N–H and O–H groups in total. The molecular formula is C16H13ClN4O3S2. The Morgan fingerprint density at radius 1 is 1.15 bits per heavy atom. The molecule has 0 bridgehead atoms. The number of rotatable bonds is 5. The molecule has 0 aliphatic carbocycles. The molecule has 7 nitrogen and oxygen atoms in total. The molecule has 0 fully saturated rings. The van der Waals surface area contributed by atoms with Crippen LogP contribution in [0.3, 0.4) is 0 Å². The summed E-state index contributed by atoms with van der Waals surface area (Å²) in [7, 11) is 0. The quantitative estimate of drug-likeness (QED) is 0.562. The van der Waals surface area contributed by atoms with Crippen LogP contribution < -0.4 is 16.4 Å². The maximum Gasteiger partial charge on any atom is 0.290 e. The summed E-state index contributed by atoms with van der Waals surface area (Å²) in [5, 5.41) is 6.80. The summed E-state index contributed by atoms with van der Waals surface area (Å²) in [5.41, 5.74) is 4.29. The van der Waals surface area contributed by atoms with Crippen molar-refractivity contribution in [2.45, 2.75) is 5.75 Å². The van der Waals surface area contributed by atoms with Crippen LogP contribution in [0.5, 0.6) is 0 Å². The standard InChI is InChI=1S/C16H13ClN4O3S2/c17-12-6-5-9(26-12)7-25-8-13(22)18-21-16(24)14-10-3-1-2-4-11(10)15(23)20-19-14/h1-6H,7-8H2,(H,18,22)(H,20,23)(H,21,24). The second-order valence-corrected chi connectivity index (χ2v) is 7.93. The van der Waals surface area contributed by atoms with Crippen LogP contribution in [0.4, 0.5) is 0 Å². The fourth-order valence-electron chi connectivity index (χ4n) is 2.18. The number of carbonyl (C=O) groups excluding carboxylic acids is 2. The number of nitrogens with one attached hydrogen (secondary N) is 3. The highest BCUT2D eigenvalue weighted by molar-refractivity contribution is 7.99. The molecule has 2 aromatic heterocycles. The molecule has 0 radical (unpaired) electrons. The number of hydrogen-bond donors (Lipinski definition) is 3. The van der Waals surface area contributed by atoms with Crippen molar-refractivity contribution >= 4 is 57.3 Å². The first-order valence-corrected chi connectivity index (χ1v) is 9.78. The lowest BCUT2D eigenvalue weighted by Gasteiger charge is -2.08. The first-order chi connectivity index (χ1) is 12.5. The van der Waals surface area contributed by atoms with E-state index in [0.717, 1.165) is 4.88 Å². The van der Waals surface area contributed by atoms with Gasteiger partial charge in [0.25, 0.3) is 11.5 Å². The third-order valence-electron chi connectivity index (χ3n) is 3.33. The Hall–Kier alpha value is -2.36. The highest BCUT2D eigenvalue weighted by Gasteiger charge is 2.14. The minimum atomic E-state index is -0.610. The van der Waals surface area contributed by atoms with E-state index in [1.54, 1.807) is 24.3 Å². The predicted molar refractivity (Wildman–Crippen MR) is 103 cm³/mol. The number of hydrazine groups is 1. The number of thioether (sulfide) groups is 1. The largest absolute Gasteiger partial charge is 0.290 e. The molecule has 0 atom stereocenters. The number of carbonyl (C=O) groups is 2. The maximum atomic E-state index is 12.2. The van der Waals surface area contributed by atoms with E-state index in [1.807, 2.05) is 12.1 Å². The first-order valence-electron chi connectivity index (χ1n) is 7.43. The molecule has 0 spiro atoms. The van der Waals surface area contributed by atoms with E-state index in [-0.39, 0.29) is 22.9 Å². The number of amides is 2. The summed E-state index contributed by atoms with van der Waals surface area (Å²) in [6.07, 6.45) is 0. The summed E-state index contributed by atoms with van der Waals surface area (Å²) in [6.45, 7) is 0. The Morgan fingerprint density at radius 2 is 1.92 bits per heavy atom. The number of H-pyrrole nitrogens is 1. The molecule has 0 aliphatic heterocycles. The van der Waals surface area contributed by atoms with Gasteiger partial charge in [0.1, 0.15) is 0 Å². The smallest absolute Gasteiger partial charge is 0.272 e. The lowest BCUT2D eigenvalue weighted by atomic mass is 10.1. The maximum absolute atomic E-state index is 12.2. The molecule has 10 heteroatoms. The summed E-state index contributed by atoms with van der Waals surface area (Å²) in [6, 6.07) is 10.3. The van der Waals surface area contributed by atoms with Gasteiger partial charge in [-0.25, -0.2) is 5.10 Å². The highest BCUT2D eigenvalue weighted by atomic mass is 35.5. The molecule has 3 rings (SSSR count). The number of nitrogens with zero attached hydrogens (tertiary/aromatic N) is 1. The Morgan fingerprint density at radius 3 is 2.65 bits per heavy atom. The molecule has 1 aromatic carbocycles. The van der Waals surface area contributed by atoms with Gasteiger partial charge in [0.15, 0.2) is 5.69 Å². The molecule has 134 valence electrons. The molecule has 0 unspecified atom stereocenters. The van der Waals surface area contributed by atoms with Crippen LogP contribution in [-0.2, 0) is 10.5 Å². The molecular weight excluding hydrogens is 396 g/mol. The number of aromatic nitrogens is 2. The highest BCUT2D eigenvalue weighted by Crippen LogP contribution is 2.24. The summed E-state index contributed by atoms with van der Waals surface area (Å²) in [5.74, 6) is -0.124. The first kappa shape index (κ1) is 18.4. The monoisotopic (exact) mass is 408 g/mol. The van der Waals surface area contributed by atoms with Crippen molar-refractivity contribution in [2.75, 3.05) is 5.75 Å². The minimum absolute atomic E-state index is 0.0291. The Labute approximate surface area is 161 Å². The Kier molecular flexibility index (Phi) is 5.92. The van der Waals surface area contributed by atoms with Gasteiger partial charge in [-0.05, 0) is 18.2 Å². The van der Waals surface area contributed by atoms with Gasteiger partial charge in [-0.15, -0.1) is 23.1 Å². The average molecular weight is 409 g/mol. The summed E-state index contributed by atoms with van der Waals surface area (Å²) >= 11 is 8.72. The summed E-state index contributed by atoms with van der Waals surface area (Å²) < 4.78 is 0.706. The van der Waals surface area contributed by atoms with E-state index >= 15 is 0 Å². The zero-order valence-corrected chi connectivity index (χ0v) is 15.6. The van der Waals surface area contributed by atoms with Gasteiger partial charge in [0.2, 0.25) is 5.91 Å². The van der Waals surface area contributed by atoms with Gasteiger partial charge < -0.3 is 0 Å². The molecule has 0 saturated carbocycles. The van der Waals surface area contributed by atoms with Gasteiger partial charge in [0, 0.05) is 16.0 Å². The second kappa shape index (κ2) is 8.35. The number of halogens is 1. The molecule has 0 aliphatic rings. The van der Waals surface area contributed by atoms with Gasteiger partial charge in [-0.2, -0.15) is 5.10 Å². The third kappa shape index (κ3) is 4.43. The molecule has 2 heterocycles. The molecule has 3 aromatic rings. The van der Waals surface area contributed by atoms with Gasteiger partial charge >= 0.3 is 0 Å². The van der Waals surface area contributed by atoms with Crippen molar-refractivity contribution in [3.05, 3.63) is 61.7 Å². The van der Waals surface area contributed by atoms with E-state index in [4.69, 9.17) is 11.6 Å². The van der Waals surface area contributed by atoms with Crippen LogP contribution in [0.25, 0.3) is 10.8 Å². The van der Waals surface area contributed by atoms with Crippen LogP contribution in [0, 0.1) is 0 Å². The third-order valence-corrected chi connectivity index (χ3v) is 5.73. The number of thiophene rings is 1. The van der Waals surface area contributed by atoms with Crippen LogP contribution in [-0.4, -0.2) is 27.8 Å². The van der Waals surface area contributed by atoms with Gasteiger partial charge in [-0.3, -0.25) is 25.2 Å². The van der Waals surface area contributed by atoms with E-state index < -0.39 is 5.91 Å². The lowest BCUT2D eigenvalue weighted by molar-refractivity contribution is -0.119. The second-order valence-electron chi connectivity index (χ2n) is 5.15.